The van der Waals surface area contributed by atoms with Gasteiger partial charge in [-0.15, -0.1) is 0 Å². The number of benzene rings is 1. The number of nitrogens with one attached hydrogen (secondary N) is 1. The molecule has 102 valence electrons. The molecule has 0 bridgehead atoms. The van der Waals surface area contributed by atoms with Crippen molar-refractivity contribution >= 4 is 11.9 Å². The van der Waals surface area contributed by atoms with Crippen LogP contribution in [0.1, 0.15) is 23.2 Å². The SMILES string of the molecule is C(=NCCc1ccccn1)c1cccc2c1NCCC2. The number of hydrogen-bond acceptors (Lipinski definition) is 3. The van der Waals surface area contributed by atoms with Crippen molar-refractivity contribution in [1.82, 2.24) is 4.98 Å². The highest BCUT2D eigenvalue weighted by Crippen LogP contribution is 2.24. The third kappa shape index (κ3) is 3.05. The quantitative estimate of drug-likeness (QED) is 0.862. The Bertz CT molecular complexity index is 590. The van der Waals surface area contributed by atoms with E-state index >= 15 is 0 Å². The minimum atomic E-state index is 0.778. The molecule has 0 aliphatic carbocycles. The van der Waals surface area contributed by atoms with Crippen LogP contribution in [-0.2, 0) is 12.8 Å². The highest BCUT2D eigenvalue weighted by atomic mass is 14.9. The van der Waals surface area contributed by atoms with Crippen molar-refractivity contribution in [3.63, 3.8) is 0 Å². The van der Waals surface area contributed by atoms with Crippen LogP contribution in [0.3, 0.4) is 0 Å². The van der Waals surface area contributed by atoms with Crippen LogP contribution in [0.2, 0.25) is 0 Å². The fourth-order valence-corrected chi connectivity index (χ4v) is 2.53. The number of nitrogens with zero attached hydrogens (tertiary/aromatic N) is 2. The molecule has 1 aliphatic heterocycles. The average Bonchev–Trinajstić information content (AvgIpc) is 2.53. The summed E-state index contributed by atoms with van der Waals surface area (Å²) in [6.45, 7) is 1.84. The molecule has 1 N–H and O–H groups in total. The lowest BCUT2D eigenvalue weighted by molar-refractivity contribution is 0.829. The molecule has 3 nitrogen and oxygen atoms in total. The Labute approximate surface area is 119 Å². The summed E-state index contributed by atoms with van der Waals surface area (Å²) in [4.78, 5) is 8.85. The summed E-state index contributed by atoms with van der Waals surface area (Å²) in [6.07, 6.45) is 7.08. The van der Waals surface area contributed by atoms with E-state index < -0.39 is 0 Å². The van der Waals surface area contributed by atoms with E-state index in [1.807, 2.05) is 30.6 Å². The average molecular weight is 265 g/mol. The monoisotopic (exact) mass is 265 g/mol. The predicted molar refractivity (Wildman–Crippen MR) is 83.7 cm³/mol. The van der Waals surface area contributed by atoms with Crippen molar-refractivity contribution in [3.8, 4) is 0 Å². The van der Waals surface area contributed by atoms with Crippen LogP contribution in [0, 0.1) is 0 Å². The van der Waals surface area contributed by atoms with Crippen LogP contribution < -0.4 is 5.32 Å². The molecule has 0 saturated carbocycles. The summed E-state index contributed by atoms with van der Waals surface area (Å²) < 4.78 is 0. The molecule has 0 amide bonds. The number of hydrogen-bond donors (Lipinski definition) is 1. The number of pyridine rings is 1. The molecule has 3 heteroatoms. The standard InChI is InChI=1S/C17H19N3/c1-2-10-19-16(8-1)9-12-18-13-15-6-3-5-14-7-4-11-20-17(14)15/h1-3,5-6,8,10,13,20H,4,7,9,11-12H2. The molecule has 0 unspecified atom stereocenters. The van der Waals surface area contributed by atoms with Gasteiger partial charge in [-0.3, -0.25) is 9.98 Å². The second kappa shape index (κ2) is 6.33. The molecule has 0 fully saturated rings. The van der Waals surface area contributed by atoms with Crippen molar-refractivity contribution in [1.29, 1.82) is 0 Å². The number of anilines is 1. The topological polar surface area (TPSA) is 37.3 Å². The number of aromatic nitrogens is 1. The second-order valence-electron chi connectivity index (χ2n) is 5.02. The lowest BCUT2D eigenvalue weighted by Gasteiger charge is -2.19. The van der Waals surface area contributed by atoms with E-state index in [2.05, 4.69) is 33.5 Å². The van der Waals surface area contributed by atoms with E-state index in [-0.39, 0.29) is 0 Å². The van der Waals surface area contributed by atoms with Gasteiger partial charge in [-0.1, -0.05) is 24.3 Å². The van der Waals surface area contributed by atoms with Crippen LogP contribution in [-0.4, -0.2) is 24.3 Å². The summed E-state index contributed by atoms with van der Waals surface area (Å²) in [6, 6.07) is 12.4. The van der Waals surface area contributed by atoms with Crippen molar-refractivity contribution in [2.45, 2.75) is 19.3 Å². The summed E-state index contributed by atoms with van der Waals surface area (Å²) >= 11 is 0. The minimum Gasteiger partial charge on any atom is -0.384 e. The lowest BCUT2D eigenvalue weighted by Crippen LogP contribution is -2.13. The predicted octanol–water partition coefficient (Wildman–Crippen LogP) is 3.10. The Morgan fingerprint density at radius 3 is 3.10 bits per heavy atom. The maximum atomic E-state index is 4.54. The first-order chi connectivity index (χ1) is 9.93. The van der Waals surface area contributed by atoms with Crippen molar-refractivity contribution in [2.24, 2.45) is 4.99 Å². The molecule has 0 atom stereocenters. The summed E-state index contributed by atoms with van der Waals surface area (Å²) in [7, 11) is 0. The maximum Gasteiger partial charge on any atom is 0.0461 e. The molecule has 0 spiro atoms. The fourth-order valence-electron chi connectivity index (χ4n) is 2.53. The summed E-state index contributed by atoms with van der Waals surface area (Å²) in [5.41, 5.74) is 4.96. The molecule has 3 rings (SSSR count). The lowest BCUT2D eigenvalue weighted by atomic mass is 10.00. The van der Waals surface area contributed by atoms with Crippen LogP contribution in [0.5, 0.6) is 0 Å². The van der Waals surface area contributed by atoms with Crippen LogP contribution >= 0.6 is 0 Å². The van der Waals surface area contributed by atoms with Gasteiger partial charge < -0.3 is 5.32 Å². The zero-order valence-corrected chi connectivity index (χ0v) is 11.5. The summed E-state index contributed by atoms with van der Waals surface area (Å²) in [5.74, 6) is 0. The fraction of sp³-hybridized carbons (Fsp3) is 0.294. The van der Waals surface area contributed by atoms with Crippen LogP contribution in [0.4, 0.5) is 5.69 Å². The molecule has 20 heavy (non-hydrogen) atoms. The maximum absolute atomic E-state index is 4.54. The Hall–Kier alpha value is -2.16. The van der Waals surface area contributed by atoms with E-state index in [0.29, 0.717) is 0 Å². The normalized spacial score (nSPS) is 14.0. The Kier molecular flexibility index (Phi) is 4.07. The van der Waals surface area contributed by atoms with Crippen molar-refractivity contribution in [3.05, 3.63) is 59.4 Å². The first-order valence-corrected chi connectivity index (χ1v) is 7.19. The third-order valence-corrected chi connectivity index (χ3v) is 3.56. The number of rotatable bonds is 4. The van der Waals surface area contributed by atoms with Gasteiger partial charge in [0.25, 0.3) is 0 Å². The first kappa shape index (κ1) is 12.9. The molecule has 0 saturated heterocycles. The van der Waals surface area contributed by atoms with Gasteiger partial charge in [0.2, 0.25) is 0 Å². The first-order valence-electron chi connectivity index (χ1n) is 7.19. The minimum absolute atomic E-state index is 0.778. The van der Waals surface area contributed by atoms with Crippen molar-refractivity contribution in [2.75, 3.05) is 18.4 Å². The third-order valence-electron chi connectivity index (χ3n) is 3.56. The van der Waals surface area contributed by atoms with Crippen LogP contribution in [0.15, 0.2) is 47.6 Å². The van der Waals surface area contributed by atoms with E-state index in [1.54, 1.807) is 0 Å². The molecule has 2 heterocycles. The molecular weight excluding hydrogens is 246 g/mol. The molecule has 1 aromatic heterocycles. The Morgan fingerprint density at radius 1 is 1.20 bits per heavy atom. The molecule has 1 aromatic carbocycles. The van der Waals surface area contributed by atoms with Gasteiger partial charge in [0.1, 0.15) is 0 Å². The Morgan fingerprint density at radius 2 is 2.20 bits per heavy atom. The smallest absolute Gasteiger partial charge is 0.0461 e. The van der Waals surface area contributed by atoms with Gasteiger partial charge in [-0.25, -0.2) is 0 Å². The van der Waals surface area contributed by atoms with Gasteiger partial charge in [-0.2, -0.15) is 0 Å². The molecular formula is C17H19N3. The largest absolute Gasteiger partial charge is 0.384 e. The number of fused-ring (bicyclic) bond motifs is 1. The van der Waals surface area contributed by atoms with E-state index in [0.717, 1.165) is 31.6 Å². The van der Waals surface area contributed by atoms with Gasteiger partial charge in [-0.05, 0) is 30.5 Å². The van der Waals surface area contributed by atoms with Gasteiger partial charge in [0.15, 0.2) is 0 Å². The van der Waals surface area contributed by atoms with E-state index in [9.17, 15) is 0 Å². The molecule has 2 aromatic rings. The Balaban J connectivity index is 1.64. The zero-order valence-electron chi connectivity index (χ0n) is 11.5. The molecule has 1 aliphatic rings. The van der Waals surface area contributed by atoms with Gasteiger partial charge in [0, 0.05) is 48.9 Å². The second-order valence-corrected chi connectivity index (χ2v) is 5.02. The van der Waals surface area contributed by atoms with Crippen molar-refractivity contribution < 1.29 is 0 Å². The number of para-hydroxylation sites is 1. The molecule has 0 radical (unpaired) electrons. The van der Waals surface area contributed by atoms with Crippen LogP contribution in [0.25, 0.3) is 0 Å². The number of aliphatic imine (C=N–C) groups is 1. The number of aryl methyl sites for hydroxylation is 1. The van der Waals surface area contributed by atoms with E-state index in [4.69, 9.17) is 0 Å². The highest BCUT2D eigenvalue weighted by molar-refractivity contribution is 5.89. The zero-order chi connectivity index (χ0) is 13.6. The van der Waals surface area contributed by atoms with Gasteiger partial charge >= 0.3 is 0 Å². The van der Waals surface area contributed by atoms with Gasteiger partial charge in [0.05, 0.1) is 0 Å². The van der Waals surface area contributed by atoms with E-state index in [1.165, 1.54) is 23.2 Å². The summed E-state index contributed by atoms with van der Waals surface area (Å²) in [5, 5.41) is 3.49. The highest BCUT2D eigenvalue weighted by Gasteiger charge is 2.10.